The van der Waals surface area contributed by atoms with Crippen molar-refractivity contribution in [3.8, 4) is 0 Å². The number of carbonyl (C=O) groups excluding carboxylic acids is 2. The number of amides is 1. The molecule has 2 aromatic rings. The number of hydrogen-bond acceptors (Lipinski definition) is 4. The molecule has 0 radical (unpaired) electrons. The summed E-state index contributed by atoms with van der Waals surface area (Å²) in [7, 11) is 0. The second kappa shape index (κ2) is 7.83. The van der Waals surface area contributed by atoms with Gasteiger partial charge in [0.15, 0.2) is 6.61 Å². The van der Waals surface area contributed by atoms with E-state index in [1.54, 1.807) is 12.1 Å². The lowest BCUT2D eigenvalue weighted by Gasteiger charge is -2.26. The molecule has 0 spiro atoms. The third-order valence-electron chi connectivity index (χ3n) is 4.19. The Morgan fingerprint density at radius 1 is 1.28 bits per heavy atom. The van der Waals surface area contributed by atoms with Crippen molar-refractivity contribution in [1.82, 2.24) is 5.32 Å². The van der Waals surface area contributed by atoms with E-state index in [1.807, 2.05) is 25.1 Å². The van der Waals surface area contributed by atoms with E-state index in [-0.39, 0.29) is 18.6 Å². The maximum absolute atomic E-state index is 12.1. The van der Waals surface area contributed by atoms with Crippen molar-refractivity contribution in [2.45, 2.75) is 32.2 Å². The van der Waals surface area contributed by atoms with Gasteiger partial charge in [0.1, 0.15) is 11.5 Å². The summed E-state index contributed by atoms with van der Waals surface area (Å²) in [6, 6.07) is 11.7. The average Bonchev–Trinajstić information content (AvgIpc) is 3.04. The van der Waals surface area contributed by atoms with Crippen LogP contribution in [0.3, 0.4) is 0 Å². The summed E-state index contributed by atoms with van der Waals surface area (Å²) >= 11 is 0. The standard InChI is InChI=1S/C20H21NO4/c1-14-9-10-16(25-14)11-12-20(23)24-13-19(22)21-18-8-4-6-15-5-2-3-7-17(15)18/h2-3,5,7,9-12,18H,4,6,8,13H2,1H3,(H,21,22)/b12-11+. The number of furan rings is 1. The minimum atomic E-state index is -0.576. The molecule has 25 heavy (non-hydrogen) atoms. The van der Waals surface area contributed by atoms with Crippen LogP contribution in [0.15, 0.2) is 46.9 Å². The highest BCUT2D eigenvalue weighted by Gasteiger charge is 2.21. The number of nitrogens with one attached hydrogen (secondary N) is 1. The first-order valence-electron chi connectivity index (χ1n) is 8.40. The first kappa shape index (κ1) is 17.0. The molecule has 0 saturated carbocycles. The fraction of sp³-hybridized carbons (Fsp3) is 0.300. The van der Waals surface area contributed by atoms with E-state index in [4.69, 9.17) is 9.15 Å². The van der Waals surface area contributed by atoms with E-state index in [0.717, 1.165) is 30.6 Å². The van der Waals surface area contributed by atoms with Crippen molar-refractivity contribution in [1.29, 1.82) is 0 Å². The first-order chi connectivity index (χ1) is 12.1. The summed E-state index contributed by atoms with van der Waals surface area (Å²) in [6.07, 6.45) is 5.74. The molecule has 0 saturated heterocycles. The minimum absolute atomic E-state index is 0.0159. The van der Waals surface area contributed by atoms with Gasteiger partial charge in [-0.25, -0.2) is 4.79 Å². The topological polar surface area (TPSA) is 68.5 Å². The third-order valence-corrected chi connectivity index (χ3v) is 4.19. The number of hydrogen-bond donors (Lipinski definition) is 1. The van der Waals surface area contributed by atoms with Crippen LogP contribution < -0.4 is 5.32 Å². The molecule has 1 aromatic heterocycles. The van der Waals surface area contributed by atoms with Crippen LogP contribution in [-0.2, 0) is 20.7 Å². The molecule has 5 nitrogen and oxygen atoms in total. The zero-order valence-corrected chi connectivity index (χ0v) is 14.2. The number of aryl methyl sites for hydroxylation is 2. The summed E-state index contributed by atoms with van der Waals surface area (Å²) in [5.74, 6) is 0.461. The summed E-state index contributed by atoms with van der Waals surface area (Å²) in [4.78, 5) is 23.8. The highest BCUT2D eigenvalue weighted by atomic mass is 16.5. The van der Waals surface area contributed by atoms with Gasteiger partial charge in [0.05, 0.1) is 6.04 Å². The Hall–Kier alpha value is -2.82. The molecule has 1 N–H and O–H groups in total. The quantitative estimate of drug-likeness (QED) is 0.670. The Labute approximate surface area is 146 Å². The Morgan fingerprint density at radius 3 is 2.92 bits per heavy atom. The largest absolute Gasteiger partial charge is 0.462 e. The third kappa shape index (κ3) is 4.59. The van der Waals surface area contributed by atoms with Crippen molar-refractivity contribution in [3.05, 3.63) is 65.1 Å². The summed E-state index contributed by atoms with van der Waals surface area (Å²) in [5.41, 5.74) is 2.43. The zero-order chi connectivity index (χ0) is 17.6. The predicted molar refractivity (Wildman–Crippen MR) is 93.7 cm³/mol. The molecule has 1 aliphatic rings. The van der Waals surface area contributed by atoms with Crippen LogP contribution in [0, 0.1) is 6.92 Å². The lowest BCUT2D eigenvalue weighted by atomic mass is 9.88. The molecule has 0 bridgehead atoms. The highest BCUT2D eigenvalue weighted by Crippen LogP contribution is 2.29. The van der Waals surface area contributed by atoms with Gasteiger partial charge in [0, 0.05) is 6.08 Å². The normalized spacial score (nSPS) is 16.4. The smallest absolute Gasteiger partial charge is 0.331 e. The number of rotatable bonds is 5. The molecular formula is C20H21NO4. The van der Waals surface area contributed by atoms with Crippen molar-refractivity contribution >= 4 is 18.0 Å². The monoisotopic (exact) mass is 339 g/mol. The Bertz CT molecular complexity index is 790. The molecule has 1 aromatic carbocycles. The number of carbonyl (C=O) groups is 2. The molecule has 130 valence electrons. The number of ether oxygens (including phenoxy) is 1. The van der Waals surface area contributed by atoms with E-state index >= 15 is 0 Å². The van der Waals surface area contributed by atoms with Crippen LogP contribution in [-0.4, -0.2) is 18.5 Å². The van der Waals surface area contributed by atoms with Gasteiger partial charge in [-0.2, -0.15) is 0 Å². The highest BCUT2D eigenvalue weighted by molar-refractivity contribution is 5.89. The molecule has 3 rings (SSSR count). The first-order valence-corrected chi connectivity index (χ1v) is 8.40. The average molecular weight is 339 g/mol. The molecular weight excluding hydrogens is 318 g/mol. The number of esters is 1. The molecule has 1 heterocycles. The molecule has 1 aliphatic carbocycles. The van der Waals surface area contributed by atoms with Crippen LogP contribution in [0.1, 0.15) is 41.5 Å². The molecule has 0 fully saturated rings. The van der Waals surface area contributed by atoms with Gasteiger partial charge in [-0.1, -0.05) is 24.3 Å². The number of benzene rings is 1. The maximum atomic E-state index is 12.1. The van der Waals surface area contributed by atoms with Crippen molar-refractivity contribution in [3.63, 3.8) is 0 Å². The Kier molecular flexibility index (Phi) is 5.33. The number of fused-ring (bicyclic) bond motifs is 1. The second-order valence-corrected chi connectivity index (χ2v) is 6.10. The van der Waals surface area contributed by atoms with Gasteiger partial charge >= 0.3 is 5.97 Å². The summed E-state index contributed by atoms with van der Waals surface area (Å²) in [5, 5.41) is 2.95. The van der Waals surface area contributed by atoms with E-state index < -0.39 is 5.97 Å². The lowest BCUT2D eigenvalue weighted by Crippen LogP contribution is -2.34. The van der Waals surface area contributed by atoms with Crippen molar-refractivity contribution in [2.75, 3.05) is 6.61 Å². The lowest BCUT2D eigenvalue weighted by molar-refractivity contribution is -0.144. The SMILES string of the molecule is Cc1ccc(/C=C/C(=O)OCC(=O)NC2CCCc3ccccc32)o1. The van der Waals surface area contributed by atoms with Crippen LogP contribution >= 0.6 is 0 Å². The van der Waals surface area contributed by atoms with Gasteiger partial charge in [-0.15, -0.1) is 0 Å². The van der Waals surface area contributed by atoms with Crippen molar-refractivity contribution in [2.24, 2.45) is 0 Å². The van der Waals surface area contributed by atoms with Crippen LogP contribution in [0.2, 0.25) is 0 Å². The molecule has 1 unspecified atom stereocenters. The predicted octanol–water partition coefficient (Wildman–Crippen LogP) is 3.34. The van der Waals surface area contributed by atoms with E-state index in [1.165, 1.54) is 17.7 Å². The van der Waals surface area contributed by atoms with Crippen LogP contribution in [0.25, 0.3) is 6.08 Å². The van der Waals surface area contributed by atoms with E-state index in [9.17, 15) is 9.59 Å². The molecule has 5 heteroatoms. The van der Waals surface area contributed by atoms with Crippen molar-refractivity contribution < 1.29 is 18.7 Å². The van der Waals surface area contributed by atoms with E-state index in [0.29, 0.717) is 5.76 Å². The van der Waals surface area contributed by atoms with Crippen LogP contribution in [0.5, 0.6) is 0 Å². The second-order valence-electron chi connectivity index (χ2n) is 6.10. The Morgan fingerprint density at radius 2 is 2.12 bits per heavy atom. The molecule has 0 aliphatic heterocycles. The minimum Gasteiger partial charge on any atom is -0.462 e. The Balaban J connectivity index is 1.48. The van der Waals surface area contributed by atoms with Gasteiger partial charge in [-0.05, 0) is 55.5 Å². The van der Waals surface area contributed by atoms with Gasteiger partial charge in [-0.3, -0.25) is 4.79 Å². The van der Waals surface area contributed by atoms with Gasteiger partial charge in [0.25, 0.3) is 5.91 Å². The molecule has 1 amide bonds. The summed E-state index contributed by atoms with van der Waals surface area (Å²) < 4.78 is 10.3. The molecule has 1 atom stereocenters. The summed E-state index contributed by atoms with van der Waals surface area (Å²) in [6.45, 7) is 1.53. The van der Waals surface area contributed by atoms with E-state index in [2.05, 4.69) is 11.4 Å². The van der Waals surface area contributed by atoms with Gasteiger partial charge in [0.2, 0.25) is 0 Å². The fourth-order valence-electron chi connectivity index (χ4n) is 3.02. The maximum Gasteiger partial charge on any atom is 0.331 e. The zero-order valence-electron chi connectivity index (χ0n) is 14.2. The van der Waals surface area contributed by atoms with Gasteiger partial charge < -0.3 is 14.5 Å². The fourth-order valence-corrected chi connectivity index (χ4v) is 3.02. The van der Waals surface area contributed by atoms with Crippen LogP contribution in [0.4, 0.5) is 0 Å².